The molecule has 0 fully saturated rings. The van der Waals surface area contributed by atoms with E-state index < -0.39 is 17.9 Å². The molecule has 2 rings (SSSR count). The minimum atomic E-state index is -1.12. The molecule has 1 heterocycles. The molecule has 0 aliphatic rings. The van der Waals surface area contributed by atoms with E-state index in [-0.39, 0.29) is 0 Å². The van der Waals surface area contributed by atoms with Gasteiger partial charge in [0.05, 0.1) is 12.7 Å². The van der Waals surface area contributed by atoms with E-state index in [4.69, 9.17) is 4.74 Å². The molecule has 3 N–H and O–H groups in total. The van der Waals surface area contributed by atoms with Crippen LogP contribution < -0.4 is 10.1 Å². The average Bonchev–Trinajstić information content (AvgIpc) is 2.90. The summed E-state index contributed by atoms with van der Waals surface area (Å²) in [5, 5.41) is 11.8. The van der Waals surface area contributed by atoms with Gasteiger partial charge in [-0.1, -0.05) is 12.1 Å². The van der Waals surface area contributed by atoms with Gasteiger partial charge in [-0.25, -0.2) is 4.79 Å². The lowest BCUT2D eigenvalue weighted by Gasteiger charge is -2.15. The molecule has 1 aromatic carbocycles. The third-order valence-corrected chi connectivity index (χ3v) is 3.17. The van der Waals surface area contributed by atoms with Crippen molar-refractivity contribution in [3.63, 3.8) is 0 Å². The Balaban J connectivity index is 2.21. The maximum Gasteiger partial charge on any atom is 0.330 e. The van der Waals surface area contributed by atoms with Crippen molar-refractivity contribution < 1.29 is 19.4 Å². The molecule has 6 nitrogen and oxygen atoms in total. The lowest BCUT2D eigenvalue weighted by Crippen LogP contribution is -2.33. The summed E-state index contributed by atoms with van der Waals surface area (Å²) in [6.07, 6.45) is 3.22. The van der Waals surface area contributed by atoms with Crippen LogP contribution in [0.5, 0.6) is 5.75 Å². The van der Waals surface area contributed by atoms with Crippen LogP contribution in [0.3, 0.4) is 0 Å². The quantitative estimate of drug-likeness (QED) is 0.783. The number of carbonyl (C=O) groups excluding carboxylic acids is 1. The number of carboxylic acids is 1. The number of methoxy groups -OCH3 is 1. The highest BCUT2D eigenvalue weighted by Gasteiger charge is 2.23. The number of rotatable bonds is 5. The standard InChI is InChI=1S/C15H16N2O4/c1-9-7-16-8-12(9)14(18)17-13(15(19)20)10-3-5-11(21-2)6-4-10/h3-8,13,16H,1-2H3,(H,17,18)(H,19,20). The number of aliphatic carboxylic acids is 1. The fourth-order valence-electron chi connectivity index (χ4n) is 1.98. The van der Waals surface area contributed by atoms with Crippen molar-refractivity contribution in [3.05, 3.63) is 53.3 Å². The van der Waals surface area contributed by atoms with E-state index in [9.17, 15) is 14.7 Å². The molecule has 0 radical (unpaired) electrons. The summed E-state index contributed by atoms with van der Waals surface area (Å²) in [6, 6.07) is 5.42. The van der Waals surface area contributed by atoms with Gasteiger partial charge in [-0.3, -0.25) is 4.79 Å². The number of nitrogens with one attached hydrogen (secondary N) is 2. The molecule has 1 unspecified atom stereocenters. The van der Waals surface area contributed by atoms with Crippen LogP contribution in [0, 0.1) is 6.92 Å². The Morgan fingerprint density at radius 1 is 1.24 bits per heavy atom. The molecule has 0 saturated carbocycles. The largest absolute Gasteiger partial charge is 0.497 e. The topological polar surface area (TPSA) is 91.4 Å². The van der Waals surface area contributed by atoms with Crippen LogP contribution in [0.4, 0.5) is 0 Å². The predicted octanol–water partition coefficient (Wildman–Crippen LogP) is 1.89. The number of carbonyl (C=O) groups is 2. The van der Waals surface area contributed by atoms with Crippen molar-refractivity contribution in [1.29, 1.82) is 0 Å². The number of aryl methyl sites for hydroxylation is 1. The molecule has 1 atom stereocenters. The summed E-state index contributed by atoms with van der Waals surface area (Å²) >= 11 is 0. The summed E-state index contributed by atoms with van der Waals surface area (Å²) in [5.41, 5.74) is 1.66. The molecule has 21 heavy (non-hydrogen) atoms. The second-order valence-corrected chi connectivity index (χ2v) is 4.57. The first-order valence-corrected chi connectivity index (χ1v) is 6.34. The van der Waals surface area contributed by atoms with Crippen LogP contribution in [-0.4, -0.2) is 29.1 Å². The zero-order valence-corrected chi connectivity index (χ0v) is 11.7. The first-order valence-electron chi connectivity index (χ1n) is 6.34. The molecule has 0 aliphatic carbocycles. The maximum atomic E-state index is 12.1. The molecule has 0 saturated heterocycles. The van der Waals surface area contributed by atoms with Gasteiger partial charge in [0.1, 0.15) is 5.75 Å². The third kappa shape index (κ3) is 3.22. The number of aromatic nitrogens is 1. The van der Waals surface area contributed by atoms with Crippen LogP contribution in [0.2, 0.25) is 0 Å². The van der Waals surface area contributed by atoms with Crippen LogP contribution >= 0.6 is 0 Å². The highest BCUT2D eigenvalue weighted by atomic mass is 16.5. The summed E-state index contributed by atoms with van der Waals surface area (Å²) < 4.78 is 5.03. The van der Waals surface area contributed by atoms with E-state index in [1.807, 2.05) is 0 Å². The number of hydrogen-bond donors (Lipinski definition) is 3. The van der Waals surface area contributed by atoms with Crippen molar-refractivity contribution >= 4 is 11.9 Å². The van der Waals surface area contributed by atoms with Gasteiger partial charge in [0.2, 0.25) is 0 Å². The average molecular weight is 288 g/mol. The van der Waals surface area contributed by atoms with Gasteiger partial charge in [0.25, 0.3) is 5.91 Å². The lowest BCUT2D eigenvalue weighted by molar-refractivity contribution is -0.139. The summed E-state index contributed by atoms with van der Waals surface area (Å²) in [6.45, 7) is 1.77. The van der Waals surface area contributed by atoms with Gasteiger partial charge in [0.15, 0.2) is 6.04 Å². The molecule has 0 bridgehead atoms. The number of carboxylic acid groups (broad SMARTS) is 1. The fraction of sp³-hybridized carbons (Fsp3) is 0.200. The summed E-state index contributed by atoms with van der Waals surface area (Å²) in [7, 11) is 1.53. The molecule has 1 aromatic heterocycles. The Labute approximate surface area is 121 Å². The van der Waals surface area contributed by atoms with Crippen LogP contribution in [-0.2, 0) is 4.79 Å². The molecule has 0 spiro atoms. The molecule has 0 aliphatic heterocycles. The van der Waals surface area contributed by atoms with E-state index in [1.54, 1.807) is 37.4 Å². The molecule has 110 valence electrons. The van der Waals surface area contributed by atoms with Crippen LogP contribution in [0.25, 0.3) is 0 Å². The van der Waals surface area contributed by atoms with E-state index in [2.05, 4.69) is 10.3 Å². The van der Waals surface area contributed by atoms with Crippen molar-refractivity contribution in [2.75, 3.05) is 7.11 Å². The minimum absolute atomic E-state index is 0.426. The monoisotopic (exact) mass is 288 g/mol. The maximum absolute atomic E-state index is 12.1. The Morgan fingerprint density at radius 3 is 2.38 bits per heavy atom. The van der Waals surface area contributed by atoms with Crippen LogP contribution in [0.15, 0.2) is 36.7 Å². The predicted molar refractivity (Wildman–Crippen MR) is 76.4 cm³/mol. The zero-order chi connectivity index (χ0) is 15.4. The zero-order valence-electron chi connectivity index (χ0n) is 11.7. The highest BCUT2D eigenvalue weighted by Crippen LogP contribution is 2.19. The summed E-state index contributed by atoms with van der Waals surface area (Å²) in [4.78, 5) is 26.3. The molecule has 6 heteroatoms. The van der Waals surface area contributed by atoms with Gasteiger partial charge in [-0.05, 0) is 30.2 Å². The Kier molecular flexibility index (Phi) is 4.27. The lowest BCUT2D eigenvalue weighted by atomic mass is 10.1. The molecular formula is C15H16N2O4. The number of amides is 1. The second kappa shape index (κ2) is 6.13. The Morgan fingerprint density at radius 2 is 1.90 bits per heavy atom. The number of H-pyrrole nitrogens is 1. The van der Waals surface area contributed by atoms with E-state index in [0.29, 0.717) is 16.9 Å². The van der Waals surface area contributed by atoms with Gasteiger partial charge >= 0.3 is 5.97 Å². The highest BCUT2D eigenvalue weighted by molar-refractivity contribution is 5.97. The van der Waals surface area contributed by atoms with Gasteiger partial charge in [-0.2, -0.15) is 0 Å². The SMILES string of the molecule is COc1ccc(C(NC(=O)c2c[nH]cc2C)C(=O)O)cc1. The molecular weight excluding hydrogens is 272 g/mol. The van der Waals surface area contributed by atoms with Crippen LogP contribution in [0.1, 0.15) is 27.5 Å². The van der Waals surface area contributed by atoms with Crippen molar-refractivity contribution in [2.24, 2.45) is 0 Å². The van der Waals surface area contributed by atoms with Crippen molar-refractivity contribution in [2.45, 2.75) is 13.0 Å². The minimum Gasteiger partial charge on any atom is -0.497 e. The second-order valence-electron chi connectivity index (χ2n) is 4.57. The van der Waals surface area contributed by atoms with Crippen molar-refractivity contribution in [1.82, 2.24) is 10.3 Å². The van der Waals surface area contributed by atoms with E-state index in [0.717, 1.165) is 5.56 Å². The number of ether oxygens (including phenoxy) is 1. The number of benzene rings is 1. The first-order chi connectivity index (χ1) is 10.0. The van der Waals surface area contributed by atoms with Crippen molar-refractivity contribution in [3.8, 4) is 5.75 Å². The van der Waals surface area contributed by atoms with Gasteiger partial charge in [0, 0.05) is 12.4 Å². The van der Waals surface area contributed by atoms with E-state index in [1.165, 1.54) is 13.3 Å². The summed E-state index contributed by atoms with van der Waals surface area (Å²) in [5.74, 6) is -0.936. The first kappa shape index (κ1) is 14.6. The third-order valence-electron chi connectivity index (χ3n) is 3.17. The smallest absolute Gasteiger partial charge is 0.330 e. The molecule has 2 aromatic rings. The number of aromatic amines is 1. The fourth-order valence-corrected chi connectivity index (χ4v) is 1.98. The van der Waals surface area contributed by atoms with E-state index >= 15 is 0 Å². The molecule has 1 amide bonds. The van der Waals surface area contributed by atoms with Gasteiger partial charge in [-0.15, -0.1) is 0 Å². The number of hydrogen-bond acceptors (Lipinski definition) is 3. The van der Waals surface area contributed by atoms with Gasteiger partial charge < -0.3 is 20.1 Å². The Bertz CT molecular complexity index is 646. The Hall–Kier alpha value is -2.76. The normalized spacial score (nSPS) is 11.7.